The highest BCUT2D eigenvalue weighted by molar-refractivity contribution is 6.30. The quantitative estimate of drug-likeness (QED) is 0.515. The number of piperidine rings is 1. The number of methoxy groups -OCH3 is 2. The van der Waals surface area contributed by atoms with Crippen LogP contribution >= 0.6 is 11.6 Å². The number of halogens is 1. The second kappa shape index (κ2) is 11.2. The van der Waals surface area contributed by atoms with Crippen LogP contribution in [0.15, 0.2) is 54.6 Å². The number of anilines is 1. The molecule has 1 fully saturated rings. The molecular formula is C26H29ClN4O3. The summed E-state index contributed by atoms with van der Waals surface area (Å²) < 4.78 is 10.6. The molecular weight excluding hydrogens is 452 g/mol. The van der Waals surface area contributed by atoms with Crippen molar-refractivity contribution in [1.82, 2.24) is 15.5 Å². The van der Waals surface area contributed by atoms with Crippen molar-refractivity contribution in [3.8, 4) is 22.8 Å². The molecule has 0 spiro atoms. The van der Waals surface area contributed by atoms with E-state index >= 15 is 0 Å². The van der Waals surface area contributed by atoms with E-state index in [1.807, 2.05) is 54.6 Å². The Morgan fingerprint density at radius 1 is 1.06 bits per heavy atom. The average Bonchev–Trinajstić information content (AvgIpc) is 2.89. The third-order valence-electron chi connectivity index (χ3n) is 6.07. The Hall–Kier alpha value is -3.32. The van der Waals surface area contributed by atoms with E-state index in [4.69, 9.17) is 21.1 Å². The summed E-state index contributed by atoms with van der Waals surface area (Å²) in [6.45, 7) is 2.07. The predicted molar refractivity (Wildman–Crippen MR) is 134 cm³/mol. The molecule has 7 nitrogen and oxygen atoms in total. The Labute approximate surface area is 205 Å². The highest BCUT2D eigenvalue weighted by atomic mass is 35.5. The van der Waals surface area contributed by atoms with Crippen LogP contribution in [0.1, 0.15) is 18.4 Å². The number of nitrogens with zero attached hydrogens (tertiary/aromatic N) is 3. The first-order valence-electron chi connectivity index (χ1n) is 11.4. The van der Waals surface area contributed by atoms with Crippen molar-refractivity contribution in [1.29, 1.82) is 0 Å². The Morgan fingerprint density at radius 3 is 2.56 bits per heavy atom. The molecule has 2 heterocycles. The van der Waals surface area contributed by atoms with Gasteiger partial charge < -0.3 is 19.7 Å². The van der Waals surface area contributed by atoms with Crippen LogP contribution in [0.5, 0.6) is 11.5 Å². The summed E-state index contributed by atoms with van der Waals surface area (Å²) in [5, 5.41) is 12.6. The molecule has 0 bridgehead atoms. The van der Waals surface area contributed by atoms with Crippen LogP contribution < -0.4 is 19.7 Å². The Bertz CT molecular complexity index is 1110. The SMILES string of the molecule is COc1ccc(CCNC(=O)C2CCCN(c3ccc(-c4ccc(Cl)cc4)nn3)C2)cc1OC. The number of rotatable bonds is 8. The maximum atomic E-state index is 12.8. The third-order valence-corrected chi connectivity index (χ3v) is 6.32. The summed E-state index contributed by atoms with van der Waals surface area (Å²) in [4.78, 5) is 15.0. The lowest BCUT2D eigenvalue weighted by molar-refractivity contribution is -0.125. The molecule has 0 radical (unpaired) electrons. The zero-order valence-corrected chi connectivity index (χ0v) is 20.2. The lowest BCUT2D eigenvalue weighted by atomic mass is 9.97. The van der Waals surface area contributed by atoms with E-state index in [1.54, 1.807) is 14.2 Å². The smallest absolute Gasteiger partial charge is 0.224 e. The van der Waals surface area contributed by atoms with E-state index in [2.05, 4.69) is 20.4 Å². The maximum absolute atomic E-state index is 12.8. The molecule has 1 aliphatic rings. The Kier molecular flexibility index (Phi) is 7.85. The highest BCUT2D eigenvalue weighted by Gasteiger charge is 2.26. The zero-order valence-electron chi connectivity index (χ0n) is 19.5. The van der Waals surface area contributed by atoms with Gasteiger partial charge in [0.1, 0.15) is 0 Å². The van der Waals surface area contributed by atoms with Gasteiger partial charge in [0.2, 0.25) is 5.91 Å². The average molecular weight is 481 g/mol. The van der Waals surface area contributed by atoms with Crippen LogP contribution in [-0.4, -0.2) is 50.0 Å². The summed E-state index contributed by atoms with van der Waals surface area (Å²) in [5.41, 5.74) is 2.84. The van der Waals surface area contributed by atoms with Gasteiger partial charge in [-0.25, -0.2) is 0 Å². The van der Waals surface area contributed by atoms with Crippen molar-refractivity contribution in [2.45, 2.75) is 19.3 Å². The van der Waals surface area contributed by atoms with Crippen molar-refractivity contribution in [3.63, 3.8) is 0 Å². The minimum Gasteiger partial charge on any atom is -0.493 e. The molecule has 1 amide bonds. The standard InChI is InChI=1S/C26H29ClN4O3/c1-33-23-11-5-18(16-24(23)34-2)13-14-28-26(32)20-4-3-15-31(17-20)25-12-10-22(29-30-25)19-6-8-21(27)9-7-19/h5-12,16,20H,3-4,13-15,17H2,1-2H3,(H,28,32). The van der Waals surface area contributed by atoms with Crippen LogP contribution in [0, 0.1) is 5.92 Å². The highest BCUT2D eigenvalue weighted by Crippen LogP contribution is 2.28. The van der Waals surface area contributed by atoms with Gasteiger partial charge in [-0.2, -0.15) is 0 Å². The maximum Gasteiger partial charge on any atom is 0.224 e. The normalized spacial score (nSPS) is 15.6. The Morgan fingerprint density at radius 2 is 1.85 bits per heavy atom. The van der Waals surface area contributed by atoms with Crippen LogP contribution in [0.25, 0.3) is 11.3 Å². The van der Waals surface area contributed by atoms with Gasteiger partial charge in [0.05, 0.1) is 25.8 Å². The number of carbonyl (C=O) groups is 1. The first kappa shape index (κ1) is 23.8. The number of ether oxygens (including phenoxy) is 2. The van der Waals surface area contributed by atoms with Gasteiger partial charge >= 0.3 is 0 Å². The minimum atomic E-state index is -0.0723. The first-order valence-corrected chi connectivity index (χ1v) is 11.8. The molecule has 1 unspecified atom stereocenters. The fourth-order valence-corrected chi connectivity index (χ4v) is 4.30. The van der Waals surface area contributed by atoms with Crippen LogP contribution in [0.3, 0.4) is 0 Å². The first-order chi connectivity index (χ1) is 16.6. The molecule has 0 saturated carbocycles. The lowest BCUT2D eigenvalue weighted by Gasteiger charge is -2.32. The monoisotopic (exact) mass is 480 g/mol. The molecule has 3 aromatic rings. The van der Waals surface area contributed by atoms with E-state index in [-0.39, 0.29) is 11.8 Å². The lowest BCUT2D eigenvalue weighted by Crippen LogP contribution is -2.43. The molecule has 1 aliphatic heterocycles. The molecule has 1 aromatic heterocycles. The van der Waals surface area contributed by atoms with Crippen molar-refractivity contribution in [3.05, 3.63) is 65.2 Å². The van der Waals surface area contributed by atoms with Crippen molar-refractivity contribution >= 4 is 23.3 Å². The minimum absolute atomic E-state index is 0.0723. The second-order valence-electron chi connectivity index (χ2n) is 8.30. The van der Waals surface area contributed by atoms with Crippen LogP contribution in [0.4, 0.5) is 5.82 Å². The van der Waals surface area contributed by atoms with Gasteiger partial charge in [-0.15, -0.1) is 10.2 Å². The molecule has 0 aliphatic carbocycles. The number of benzene rings is 2. The largest absolute Gasteiger partial charge is 0.493 e. The van der Waals surface area contributed by atoms with Gasteiger partial charge in [0.15, 0.2) is 17.3 Å². The van der Waals surface area contributed by atoms with Crippen molar-refractivity contribution in [2.75, 3.05) is 38.8 Å². The van der Waals surface area contributed by atoms with E-state index in [9.17, 15) is 4.79 Å². The number of carbonyl (C=O) groups excluding carboxylic acids is 1. The summed E-state index contributed by atoms with van der Waals surface area (Å²) in [6.07, 6.45) is 2.53. The molecule has 1 atom stereocenters. The second-order valence-corrected chi connectivity index (χ2v) is 8.74. The zero-order chi connectivity index (χ0) is 23.9. The molecule has 178 valence electrons. The predicted octanol–water partition coefficient (Wildman–Crippen LogP) is 4.39. The van der Waals surface area contributed by atoms with Gasteiger partial charge in [-0.3, -0.25) is 4.79 Å². The summed E-state index contributed by atoms with van der Waals surface area (Å²) in [7, 11) is 3.23. The number of amides is 1. The van der Waals surface area contributed by atoms with Gasteiger partial charge in [0, 0.05) is 30.2 Å². The van der Waals surface area contributed by atoms with Crippen LogP contribution in [-0.2, 0) is 11.2 Å². The fraction of sp³-hybridized carbons (Fsp3) is 0.346. The van der Waals surface area contributed by atoms with Gasteiger partial charge in [-0.1, -0.05) is 29.8 Å². The Balaban J connectivity index is 1.31. The van der Waals surface area contributed by atoms with Gasteiger partial charge in [-0.05, 0) is 61.2 Å². The molecule has 2 aromatic carbocycles. The van der Waals surface area contributed by atoms with E-state index in [0.29, 0.717) is 29.6 Å². The van der Waals surface area contributed by atoms with Crippen molar-refractivity contribution in [2.24, 2.45) is 5.92 Å². The van der Waals surface area contributed by atoms with E-state index in [0.717, 1.165) is 48.4 Å². The number of nitrogens with one attached hydrogen (secondary N) is 1. The summed E-state index contributed by atoms with van der Waals surface area (Å²) in [6, 6.07) is 17.3. The number of hydrogen-bond donors (Lipinski definition) is 1. The molecule has 1 saturated heterocycles. The van der Waals surface area contributed by atoms with Gasteiger partial charge in [0.25, 0.3) is 0 Å². The van der Waals surface area contributed by atoms with Crippen molar-refractivity contribution < 1.29 is 14.3 Å². The van der Waals surface area contributed by atoms with E-state index in [1.165, 1.54) is 0 Å². The number of hydrogen-bond acceptors (Lipinski definition) is 6. The third kappa shape index (κ3) is 5.78. The molecule has 4 rings (SSSR count). The van der Waals surface area contributed by atoms with Crippen LogP contribution in [0.2, 0.25) is 5.02 Å². The summed E-state index contributed by atoms with van der Waals surface area (Å²) >= 11 is 5.97. The van der Waals surface area contributed by atoms with E-state index < -0.39 is 0 Å². The number of aromatic nitrogens is 2. The fourth-order valence-electron chi connectivity index (χ4n) is 4.18. The molecule has 34 heavy (non-hydrogen) atoms. The summed E-state index contributed by atoms with van der Waals surface area (Å²) in [5.74, 6) is 2.19. The molecule has 8 heteroatoms. The molecule has 1 N–H and O–H groups in total. The topological polar surface area (TPSA) is 76.6 Å².